The van der Waals surface area contributed by atoms with Crippen molar-refractivity contribution in [2.24, 2.45) is 0 Å². The zero-order valence-electron chi connectivity index (χ0n) is 18.9. The van der Waals surface area contributed by atoms with Crippen molar-refractivity contribution in [1.29, 1.82) is 0 Å². The summed E-state index contributed by atoms with van der Waals surface area (Å²) < 4.78 is 42.4. The number of fused-ring (bicyclic) bond motifs is 1. The molecule has 1 fully saturated rings. The highest BCUT2D eigenvalue weighted by Gasteiger charge is 2.46. The van der Waals surface area contributed by atoms with Gasteiger partial charge in [0, 0.05) is 6.54 Å². The maximum absolute atomic E-state index is 12.1. The van der Waals surface area contributed by atoms with Crippen molar-refractivity contribution in [2.45, 2.75) is 31.1 Å². The van der Waals surface area contributed by atoms with Crippen LogP contribution in [0.25, 0.3) is 11.2 Å². The third kappa shape index (κ3) is 7.27. The number of benzene rings is 1. The molecule has 3 heterocycles. The second-order valence-electron chi connectivity index (χ2n) is 7.82. The average molecular weight is 613 g/mol. The van der Waals surface area contributed by atoms with E-state index in [9.17, 15) is 29.1 Å². The van der Waals surface area contributed by atoms with E-state index in [1.165, 1.54) is 17.2 Å². The SMILES string of the molecule is O=P(O)(O)OP(O)(=S)OP(=O)(O)OC[C@H]1O[C@@H](n2cnc3c(NCc4ccccc4)ncnc32)[C@H](O)[C@@H]1O. The first kappa shape index (κ1) is 29.3. The molecule has 38 heavy (non-hydrogen) atoms. The lowest BCUT2D eigenvalue weighted by Gasteiger charge is -2.20. The first-order valence-electron chi connectivity index (χ1n) is 10.5. The molecular formula is C17H22N5O12P3S. The van der Waals surface area contributed by atoms with Crippen molar-refractivity contribution < 1.29 is 56.8 Å². The molecule has 1 aliphatic heterocycles. The number of aliphatic hydroxyl groups excluding tert-OH is 2. The number of phosphoric acid groups is 2. The van der Waals surface area contributed by atoms with E-state index < -0.39 is 53.5 Å². The number of aliphatic hydroxyl groups is 2. The van der Waals surface area contributed by atoms with Crippen LogP contribution in [-0.4, -0.2) is 74.2 Å². The molecule has 6 atom stereocenters. The molecular weight excluding hydrogens is 591 g/mol. The average Bonchev–Trinajstić information content (AvgIpc) is 3.36. The third-order valence-corrected chi connectivity index (χ3v) is 10.1. The molecule has 1 saturated heterocycles. The van der Waals surface area contributed by atoms with Crippen LogP contribution < -0.4 is 5.32 Å². The van der Waals surface area contributed by atoms with Crippen molar-refractivity contribution in [1.82, 2.24) is 19.5 Å². The van der Waals surface area contributed by atoms with E-state index in [1.54, 1.807) is 0 Å². The summed E-state index contributed by atoms with van der Waals surface area (Å²) in [7, 11) is -10.6. The van der Waals surface area contributed by atoms with Crippen LogP contribution in [0.1, 0.15) is 11.8 Å². The molecule has 0 saturated carbocycles. The number of rotatable bonds is 11. The Kier molecular flexibility index (Phi) is 8.79. The maximum Gasteiger partial charge on any atom is 0.479 e. The fourth-order valence-corrected chi connectivity index (χ4v) is 8.09. The standard InChI is InChI=1S/C17H22N5O12P3S/c23-13-11(7-31-36(28,29)34-37(30,38)33-35(25,26)27)32-17(14(13)24)22-9-21-12-15(19-8-20-16(12)22)18-6-10-4-2-1-3-5-10/h1-5,8-9,11,13-14,17,23-24H,6-7H2,(H,28,29)(H,30,38)(H,18,19,20)(H2,25,26,27)/t11-,13-,14-,17-,37?/m1/s1. The summed E-state index contributed by atoms with van der Waals surface area (Å²) in [6, 6.07) is 9.52. The van der Waals surface area contributed by atoms with Crippen LogP contribution in [0.4, 0.5) is 5.82 Å². The molecule has 3 aromatic rings. The molecule has 0 spiro atoms. The van der Waals surface area contributed by atoms with Crippen LogP contribution in [0.3, 0.4) is 0 Å². The van der Waals surface area contributed by atoms with Crippen LogP contribution in [-0.2, 0) is 45.4 Å². The highest BCUT2D eigenvalue weighted by atomic mass is 32.5. The van der Waals surface area contributed by atoms with Gasteiger partial charge < -0.3 is 39.8 Å². The van der Waals surface area contributed by atoms with Crippen molar-refractivity contribution in [3.8, 4) is 0 Å². The Bertz CT molecular complexity index is 1420. The molecule has 1 aliphatic rings. The Morgan fingerprint density at radius 1 is 1.03 bits per heavy atom. The number of phosphoric ester groups is 1. The second-order valence-corrected chi connectivity index (χ2v) is 13.6. The van der Waals surface area contributed by atoms with Gasteiger partial charge >= 0.3 is 22.4 Å². The number of hydrogen-bond acceptors (Lipinski definition) is 13. The first-order valence-corrected chi connectivity index (χ1v) is 16.1. The van der Waals surface area contributed by atoms with E-state index in [0.717, 1.165) is 5.56 Å². The lowest BCUT2D eigenvalue weighted by molar-refractivity contribution is -0.0502. The minimum absolute atomic E-state index is 0.250. The lowest BCUT2D eigenvalue weighted by atomic mass is 10.1. The normalized spacial score (nSPS) is 25.2. The number of ether oxygens (including phenoxy) is 1. The van der Waals surface area contributed by atoms with Gasteiger partial charge in [0.05, 0.1) is 12.9 Å². The summed E-state index contributed by atoms with van der Waals surface area (Å²) in [4.78, 5) is 49.4. The van der Waals surface area contributed by atoms with E-state index in [4.69, 9.17) is 14.5 Å². The quantitative estimate of drug-likeness (QED) is 0.146. The molecule has 21 heteroatoms. The zero-order chi connectivity index (χ0) is 27.7. The number of imidazole rings is 1. The highest BCUT2D eigenvalue weighted by molar-refractivity contribution is 8.09. The molecule has 2 aromatic heterocycles. The van der Waals surface area contributed by atoms with Gasteiger partial charge in [-0.25, -0.2) is 32.7 Å². The topological polar surface area (TPSA) is 248 Å². The van der Waals surface area contributed by atoms with Crippen molar-refractivity contribution in [2.75, 3.05) is 11.9 Å². The summed E-state index contributed by atoms with van der Waals surface area (Å²) >= 11 is 4.27. The van der Waals surface area contributed by atoms with Crippen LogP contribution in [0.2, 0.25) is 0 Å². The minimum Gasteiger partial charge on any atom is -0.387 e. The number of hydrogen-bond donors (Lipinski definition) is 7. The molecule has 208 valence electrons. The summed E-state index contributed by atoms with van der Waals surface area (Å²) in [5, 5.41) is 24.1. The Morgan fingerprint density at radius 3 is 2.42 bits per heavy atom. The summed E-state index contributed by atoms with van der Waals surface area (Å²) in [5.41, 5.74) is 1.59. The first-order chi connectivity index (χ1) is 17.7. The van der Waals surface area contributed by atoms with Gasteiger partial charge in [0.2, 0.25) is 0 Å². The van der Waals surface area contributed by atoms with Crippen molar-refractivity contribution >= 4 is 51.2 Å². The summed E-state index contributed by atoms with van der Waals surface area (Å²) in [6.07, 6.45) is -3.26. The molecule has 0 aliphatic carbocycles. The Balaban J connectivity index is 1.44. The summed E-state index contributed by atoms with van der Waals surface area (Å²) in [6.45, 7) is -5.30. The van der Waals surface area contributed by atoms with E-state index in [1.807, 2.05) is 30.3 Å². The number of anilines is 1. The third-order valence-electron chi connectivity index (χ3n) is 5.09. The van der Waals surface area contributed by atoms with Gasteiger partial charge in [0.15, 0.2) is 23.2 Å². The van der Waals surface area contributed by atoms with Gasteiger partial charge in [0.1, 0.15) is 24.6 Å². The van der Waals surface area contributed by atoms with Gasteiger partial charge in [0.25, 0.3) is 0 Å². The largest absolute Gasteiger partial charge is 0.479 e. The lowest BCUT2D eigenvalue weighted by Crippen LogP contribution is -2.33. The number of nitrogens with zero attached hydrogens (tertiary/aromatic N) is 4. The maximum atomic E-state index is 12.1. The molecule has 0 bridgehead atoms. The van der Waals surface area contributed by atoms with E-state index >= 15 is 0 Å². The van der Waals surface area contributed by atoms with Gasteiger partial charge in [-0.15, -0.1) is 0 Å². The fourth-order valence-electron chi connectivity index (χ4n) is 3.52. The van der Waals surface area contributed by atoms with Crippen LogP contribution >= 0.6 is 22.4 Å². The van der Waals surface area contributed by atoms with E-state index in [-0.39, 0.29) is 5.65 Å². The monoisotopic (exact) mass is 613 g/mol. The molecule has 17 nitrogen and oxygen atoms in total. The molecule has 2 unspecified atom stereocenters. The van der Waals surface area contributed by atoms with E-state index in [0.29, 0.717) is 17.9 Å². The number of nitrogens with one attached hydrogen (secondary N) is 1. The predicted octanol–water partition coefficient (Wildman–Crippen LogP) is 0.517. The zero-order valence-corrected chi connectivity index (χ0v) is 22.4. The van der Waals surface area contributed by atoms with Crippen LogP contribution in [0.15, 0.2) is 43.0 Å². The van der Waals surface area contributed by atoms with Gasteiger partial charge in [-0.05, 0) is 17.4 Å². The molecule has 0 radical (unpaired) electrons. The predicted molar refractivity (Wildman–Crippen MR) is 132 cm³/mol. The Labute approximate surface area is 219 Å². The van der Waals surface area contributed by atoms with E-state index in [2.05, 4.69) is 45.2 Å². The molecule has 7 N–H and O–H groups in total. The van der Waals surface area contributed by atoms with Crippen LogP contribution in [0.5, 0.6) is 0 Å². The summed E-state index contributed by atoms with van der Waals surface area (Å²) in [5.74, 6) is 0.404. The fraction of sp³-hybridized carbons (Fsp3) is 0.353. The Morgan fingerprint density at radius 2 is 1.74 bits per heavy atom. The van der Waals surface area contributed by atoms with Crippen molar-refractivity contribution in [3.05, 3.63) is 48.5 Å². The highest BCUT2D eigenvalue weighted by Crippen LogP contribution is 2.66. The number of aromatic nitrogens is 4. The van der Waals surface area contributed by atoms with Gasteiger partial charge in [-0.1, -0.05) is 30.3 Å². The smallest absolute Gasteiger partial charge is 0.387 e. The van der Waals surface area contributed by atoms with Crippen LogP contribution in [0, 0.1) is 0 Å². The van der Waals surface area contributed by atoms with Gasteiger partial charge in [-0.2, -0.15) is 0 Å². The molecule has 4 rings (SSSR count). The molecule has 1 aromatic carbocycles. The Hall–Kier alpha value is -1.72. The van der Waals surface area contributed by atoms with Gasteiger partial charge in [-0.3, -0.25) is 9.09 Å². The van der Waals surface area contributed by atoms with Crippen molar-refractivity contribution in [3.63, 3.8) is 0 Å². The minimum atomic E-state index is -5.35. The second kappa shape index (κ2) is 11.4. The molecule has 0 amide bonds.